The van der Waals surface area contributed by atoms with E-state index in [9.17, 15) is 9.59 Å². The van der Waals surface area contributed by atoms with E-state index in [1.54, 1.807) is 12.3 Å². The molecule has 2 rings (SSSR count). The Bertz CT molecular complexity index is 603. The number of anilines is 1. The summed E-state index contributed by atoms with van der Waals surface area (Å²) in [6.07, 6.45) is 0. The van der Waals surface area contributed by atoms with Gasteiger partial charge in [0.25, 0.3) is 5.91 Å². The first-order chi connectivity index (χ1) is 9.11. The highest BCUT2D eigenvalue weighted by atomic mass is 32.1. The number of amides is 1. The lowest BCUT2D eigenvalue weighted by atomic mass is 10.2. The molecule has 0 radical (unpaired) electrons. The van der Waals surface area contributed by atoms with Gasteiger partial charge in [0.15, 0.2) is 5.82 Å². The second-order valence-electron chi connectivity index (χ2n) is 3.81. The molecule has 0 aromatic carbocycles. The van der Waals surface area contributed by atoms with Gasteiger partial charge >= 0.3 is 5.97 Å². The predicted molar refractivity (Wildman–Crippen MR) is 71.6 cm³/mol. The van der Waals surface area contributed by atoms with Crippen LogP contribution >= 0.6 is 11.3 Å². The summed E-state index contributed by atoms with van der Waals surface area (Å²) in [5, 5.41) is 12.6. The summed E-state index contributed by atoms with van der Waals surface area (Å²) in [4.78, 5) is 23.3. The fourth-order valence-corrected chi connectivity index (χ4v) is 2.30. The third kappa shape index (κ3) is 3.00. The highest BCUT2D eigenvalue weighted by Gasteiger charge is 2.14. The highest BCUT2D eigenvalue weighted by molar-refractivity contribution is 7.08. The zero-order valence-electron chi connectivity index (χ0n) is 10.5. The van der Waals surface area contributed by atoms with Crippen molar-refractivity contribution in [3.63, 3.8) is 0 Å². The first kappa shape index (κ1) is 13.3. The van der Waals surface area contributed by atoms with Gasteiger partial charge in [0.1, 0.15) is 5.69 Å². The Morgan fingerprint density at radius 2 is 2.26 bits per heavy atom. The number of esters is 1. The van der Waals surface area contributed by atoms with E-state index in [4.69, 9.17) is 4.74 Å². The molecule has 7 heteroatoms. The van der Waals surface area contributed by atoms with Gasteiger partial charge in [-0.2, -0.15) is 16.4 Å². The third-order valence-corrected chi connectivity index (χ3v) is 3.28. The number of nitrogens with zero attached hydrogens (tertiary/aromatic N) is 1. The van der Waals surface area contributed by atoms with Crippen LogP contribution in [-0.2, 0) is 4.74 Å². The number of carbonyl (C=O) groups is 2. The van der Waals surface area contributed by atoms with Gasteiger partial charge in [0, 0.05) is 11.4 Å². The SMILES string of the molecule is CCOC(=O)c1cc(NC(=O)c2cscc2C)n[nH]1. The van der Waals surface area contributed by atoms with Crippen LogP contribution in [0.3, 0.4) is 0 Å². The topological polar surface area (TPSA) is 84.1 Å². The van der Waals surface area contributed by atoms with Crippen molar-refractivity contribution < 1.29 is 14.3 Å². The molecule has 19 heavy (non-hydrogen) atoms. The first-order valence-corrected chi connectivity index (χ1v) is 6.62. The van der Waals surface area contributed by atoms with E-state index in [-0.39, 0.29) is 18.2 Å². The molecule has 1 amide bonds. The number of nitrogens with one attached hydrogen (secondary N) is 2. The van der Waals surface area contributed by atoms with Crippen LogP contribution in [0.15, 0.2) is 16.8 Å². The Balaban J connectivity index is 2.06. The quantitative estimate of drug-likeness (QED) is 0.840. The largest absolute Gasteiger partial charge is 0.461 e. The molecule has 2 aromatic heterocycles. The minimum Gasteiger partial charge on any atom is -0.461 e. The Hall–Kier alpha value is -2.15. The molecular formula is C12H13N3O3S. The molecule has 6 nitrogen and oxygen atoms in total. The minimum atomic E-state index is -0.498. The molecular weight excluding hydrogens is 266 g/mol. The second kappa shape index (κ2) is 5.66. The maximum absolute atomic E-state index is 11.9. The number of hydrogen-bond donors (Lipinski definition) is 2. The second-order valence-corrected chi connectivity index (χ2v) is 4.55. The van der Waals surface area contributed by atoms with Gasteiger partial charge in [-0.25, -0.2) is 4.79 Å². The number of rotatable bonds is 4. The fourth-order valence-electron chi connectivity index (χ4n) is 1.48. The maximum atomic E-state index is 11.9. The van der Waals surface area contributed by atoms with Crippen LogP contribution in [0.1, 0.15) is 33.3 Å². The van der Waals surface area contributed by atoms with Crippen LogP contribution in [-0.4, -0.2) is 28.7 Å². The van der Waals surface area contributed by atoms with Crippen molar-refractivity contribution in [3.05, 3.63) is 33.6 Å². The van der Waals surface area contributed by atoms with Gasteiger partial charge in [-0.05, 0) is 24.8 Å². The van der Waals surface area contributed by atoms with Crippen molar-refractivity contribution in [2.24, 2.45) is 0 Å². The van der Waals surface area contributed by atoms with Crippen LogP contribution in [0.5, 0.6) is 0 Å². The summed E-state index contributed by atoms with van der Waals surface area (Å²) in [5.41, 5.74) is 1.72. The number of thiophene rings is 1. The number of hydrogen-bond acceptors (Lipinski definition) is 5. The molecule has 0 spiro atoms. The van der Waals surface area contributed by atoms with Crippen molar-refractivity contribution in [1.82, 2.24) is 10.2 Å². The summed E-state index contributed by atoms with van der Waals surface area (Å²) in [6, 6.07) is 1.44. The highest BCUT2D eigenvalue weighted by Crippen LogP contribution is 2.15. The molecule has 100 valence electrons. The van der Waals surface area contributed by atoms with Crippen molar-refractivity contribution >= 4 is 29.0 Å². The average molecular weight is 279 g/mol. The van der Waals surface area contributed by atoms with Crippen LogP contribution < -0.4 is 5.32 Å². The molecule has 0 bridgehead atoms. The van der Waals surface area contributed by atoms with Gasteiger partial charge in [0.05, 0.1) is 12.2 Å². The molecule has 2 heterocycles. The van der Waals surface area contributed by atoms with Crippen LogP contribution in [0, 0.1) is 6.92 Å². The zero-order valence-corrected chi connectivity index (χ0v) is 11.3. The van der Waals surface area contributed by atoms with E-state index in [1.165, 1.54) is 17.4 Å². The Morgan fingerprint density at radius 3 is 2.89 bits per heavy atom. The number of carbonyl (C=O) groups excluding carboxylic acids is 2. The van der Waals surface area contributed by atoms with Crippen LogP contribution in [0.4, 0.5) is 5.82 Å². The van der Waals surface area contributed by atoms with Gasteiger partial charge in [0.2, 0.25) is 0 Å². The van der Waals surface area contributed by atoms with E-state index < -0.39 is 5.97 Å². The number of H-pyrrole nitrogens is 1. The lowest BCUT2D eigenvalue weighted by Crippen LogP contribution is -2.12. The lowest BCUT2D eigenvalue weighted by molar-refractivity contribution is 0.0519. The van der Waals surface area contributed by atoms with Gasteiger partial charge in [-0.15, -0.1) is 0 Å². The van der Waals surface area contributed by atoms with Crippen LogP contribution in [0.25, 0.3) is 0 Å². The Morgan fingerprint density at radius 1 is 1.47 bits per heavy atom. The molecule has 0 aliphatic heterocycles. The van der Waals surface area contributed by atoms with E-state index in [0.29, 0.717) is 11.4 Å². The number of aromatic amines is 1. The average Bonchev–Trinajstić information content (AvgIpc) is 2.98. The first-order valence-electron chi connectivity index (χ1n) is 5.68. The van der Waals surface area contributed by atoms with E-state index in [0.717, 1.165) is 5.56 Å². The Labute approximate surface area is 113 Å². The molecule has 0 saturated carbocycles. The fraction of sp³-hybridized carbons (Fsp3) is 0.250. The smallest absolute Gasteiger partial charge is 0.356 e. The molecule has 0 aliphatic carbocycles. The van der Waals surface area contributed by atoms with Crippen molar-refractivity contribution in [2.45, 2.75) is 13.8 Å². The minimum absolute atomic E-state index is 0.208. The van der Waals surface area contributed by atoms with Gasteiger partial charge in [-0.1, -0.05) is 0 Å². The van der Waals surface area contributed by atoms with E-state index in [2.05, 4.69) is 15.5 Å². The monoisotopic (exact) mass is 279 g/mol. The molecule has 0 aliphatic rings. The lowest BCUT2D eigenvalue weighted by Gasteiger charge is -2.00. The summed E-state index contributed by atoms with van der Waals surface area (Å²) >= 11 is 1.46. The molecule has 0 unspecified atom stereocenters. The number of ether oxygens (including phenoxy) is 1. The third-order valence-electron chi connectivity index (χ3n) is 2.41. The molecule has 0 fully saturated rings. The van der Waals surface area contributed by atoms with Crippen LogP contribution in [0.2, 0.25) is 0 Å². The maximum Gasteiger partial charge on any atom is 0.356 e. The molecule has 2 N–H and O–H groups in total. The summed E-state index contributed by atoms with van der Waals surface area (Å²) in [6.45, 7) is 3.87. The van der Waals surface area contributed by atoms with Crippen molar-refractivity contribution in [3.8, 4) is 0 Å². The van der Waals surface area contributed by atoms with Gasteiger partial charge < -0.3 is 10.1 Å². The molecule has 2 aromatic rings. The Kier molecular flexibility index (Phi) is 3.96. The summed E-state index contributed by atoms with van der Waals surface area (Å²) < 4.78 is 4.82. The summed E-state index contributed by atoms with van der Waals surface area (Å²) in [5.74, 6) is -0.457. The zero-order chi connectivity index (χ0) is 13.8. The van der Waals surface area contributed by atoms with E-state index in [1.807, 2.05) is 12.3 Å². The van der Waals surface area contributed by atoms with E-state index >= 15 is 0 Å². The normalized spacial score (nSPS) is 10.2. The number of aryl methyl sites for hydroxylation is 1. The van der Waals surface area contributed by atoms with Gasteiger partial charge in [-0.3, -0.25) is 9.89 Å². The number of aromatic nitrogens is 2. The van der Waals surface area contributed by atoms with Crippen molar-refractivity contribution in [1.29, 1.82) is 0 Å². The summed E-state index contributed by atoms with van der Waals surface area (Å²) in [7, 11) is 0. The predicted octanol–water partition coefficient (Wildman–Crippen LogP) is 2.21. The molecule has 0 saturated heterocycles. The standard InChI is InChI=1S/C12H13N3O3S/c1-3-18-12(17)9-4-10(15-14-9)13-11(16)8-6-19-5-7(8)2/h4-6H,3H2,1-2H3,(H2,13,14,15,16). The molecule has 0 atom stereocenters. The van der Waals surface area contributed by atoms with Crippen molar-refractivity contribution in [2.75, 3.05) is 11.9 Å².